The molecule has 0 spiro atoms. The van der Waals surface area contributed by atoms with Crippen LogP contribution < -0.4 is 0 Å². The number of rotatable bonds is 4. The van der Waals surface area contributed by atoms with Crippen molar-refractivity contribution in [3.8, 4) is 28.5 Å². The van der Waals surface area contributed by atoms with Crippen LogP contribution in [0.15, 0.2) is 89.3 Å². The highest BCUT2D eigenvalue weighted by molar-refractivity contribution is 5.91. The predicted molar refractivity (Wildman–Crippen MR) is 155 cm³/mol. The van der Waals surface area contributed by atoms with E-state index in [1.165, 1.54) is 4.57 Å². The van der Waals surface area contributed by atoms with Crippen LogP contribution in [0.1, 0.15) is 54.7 Å². The Morgan fingerprint density at radius 3 is 2.02 bits per heavy atom. The Morgan fingerprint density at radius 1 is 0.682 bits per heavy atom. The third-order valence-corrected chi connectivity index (χ3v) is 8.27. The van der Waals surface area contributed by atoms with E-state index in [9.17, 15) is 26.3 Å². The molecule has 4 aromatic carbocycles. The maximum absolute atomic E-state index is 13.9. The molecule has 0 saturated heterocycles. The van der Waals surface area contributed by atoms with Gasteiger partial charge in [-0.1, -0.05) is 61.7 Å². The van der Waals surface area contributed by atoms with E-state index in [-0.39, 0.29) is 40.7 Å². The average molecular weight is 606 g/mol. The Hall–Kier alpha value is -4.60. The predicted octanol–water partition coefficient (Wildman–Crippen LogP) is 10.6. The molecule has 10 heteroatoms. The first-order chi connectivity index (χ1) is 21.1. The Balaban J connectivity index is 1.52. The van der Waals surface area contributed by atoms with E-state index in [1.54, 1.807) is 30.3 Å². The minimum atomic E-state index is -5.02. The minimum Gasteiger partial charge on any atom is -0.416 e. The number of hydrogen-bond donors (Lipinski definition) is 0. The third kappa shape index (κ3) is 5.12. The van der Waals surface area contributed by atoms with Crippen LogP contribution in [-0.2, 0) is 12.4 Å². The van der Waals surface area contributed by atoms with E-state index in [1.807, 2.05) is 36.4 Å². The summed E-state index contributed by atoms with van der Waals surface area (Å²) >= 11 is 0. The molecule has 0 amide bonds. The van der Waals surface area contributed by atoms with Gasteiger partial charge in [-0.2, -0.15) is 36.3 Å². The van der Waals surface area contributed by atoms with Crippen molar-refractivity contribution in [3.05, 3.63) is 102 Å². The van der Waals surface area contributed by atoms with Gasteiger partial charge < -0.3 is 4.42 Å². The number of nitrogens with zero attached hydrogens (tertiary/aromatic N) is 3. The van der Waals surface area contributed by atoms with Crippen LogP contribution in [0.4, 0.5) is 26.3 Å². The second-order valence-corrected chi connectivity index (χ2v) is 11.2. The van der Waals surface area contributed by atoms with Crippen molar-refractivity contribution in [2.24, 2.45) is 0 Å². The van der Waals surface area contributed by atoms with E-state index in [0.29, 0.717) is 23.3 Å². The number of fused-ring (bicyclic) bond motifs is 2. The zero-order valence-electron chi connectivity index (χ0n) is 23.2. The monoisotopic (exact) mass is 605 g/mol. The maximum Gasteiger partial charge on any atom is 0.416 e. The van der Waals surface area contributed by atoms with Gasteiger partial charge in [-0.25, -0.2) is 0 Å². The van der Waals surface area contributed by atoms with Gasteiger partial charge in [0, 0.05) is 11.1 Å². The zero-order chi connectivity index (χ0) is 30.6. The van der Waals surface area contributed by atoms with Crippen molar-refractivity contribution in [2.75, 3.05) is 0 Å². The van der Waals surface area contributed by atoms with Crippen LogP contribution in [0.5, 0.6) is 0 Å². The molecule has 0 radical (unpaired) electrons. The van der Waals surface area contributed by atoms with Crippen LogP contribution in [0, 0.1) is 0 Å². The first-order valence-corrected chi connectivity index (χ1v) is 14.3. The van der Waals surface area contributed by atoms with Gasteiger partial charge in [0.15, 0.2) is 0 Å². The number of alkyl halides is 6. The lowest BCUT2D eigenvalue weighted by Gasteiger charge is -2.24. The largest absolute Gasteiger partial charge is 0.416 e. The molecule has 0 aliphatic heterocycles. The molecular formula is C34H25F6N3O. The summed E-state index contributed by atoms with van der Waals surface area (Å²) in [5.41, 5.74) is -0.997. The lowest BCUT2D eigenvalue weighted by molar-refractivity contribution is -0.143. The van der Waals surface area contributed by atoms with E-state index >= 15 is 0 Å². The number of oxazole rings is 1. The number of benzene rings is 4. The molecule has 2 aromatic heterocycles. The molecule has 4 nitrogen and oxygen atoms in total. The van der Waals surface area contributed by atoms with Crippen molar-refractivity contribution in [1.29, 1.82) is 0 Å². The molecule has 6 aromatic rings. The van der Waals surface area contributed by atoms with Crippen LogP contribution in [0.25, 0.3) is 50.7 Å². The van der Waals surface area contributed by atoms with Gasteiger partial charge in [-0.15, -0.1) is 0 Å². The van der Waals surface area contributed by atoms with Crippen molar-refractivity contribution >= 4 is 22.1 Å². The fourth-order valence-electron chi connectivity index (χ4n) is 6.20. The standard InChI is InChI=1S/C34H25F6N3O/c35-33(36,37)24-17-25(34(38,39)40)19-26(18-24)43-29(41-32-30(43)42-31(44-32)21-11-5-2-6-12-21)23-15-22-13-7-8-14-27(22)28(16-23)20-9-3-1-4-10-20/h2,5-8,11-20H,1,3-4,9-10H2. The second-order valence-electron chi connectivity index (χ2n) is 11.2. The molecule has 2 heterocycles. The van der Waals surface area contributed by atoms with Gasteiger partial charge in [0.25, 0.3) is 5.71 Å². The van der Waals surface area contributed by atoms with Crippen molar-refractivity contribution in [1.82, 2.24) is 14.5 Å². The fraction of sp³-hybridized carbons (Fsp3) is 0.235. The Labute approximate surface area is 248 Å². The molecular weight excluding hydrogens is 580 g/mol. The molecule has 1 fully saturated rings. The van der Waals surface area contributed by atoms with Crippen LogP contribution >= 0.6 is 0 Å². The maximum atomic E-state index is 13.9. The van der Waals surface area contributed by atoms with Crippen LogP contribution in [0.2, 0.25) is 0 Å². The summed E-state index contributed by atoms with van der Waals surface area (Å²) in [4.78, 5) is 9.19. The lowest BCUT2D eigenvalue weighted by Crippen LogP contribution is -2.13. The number of halogens is 6. The molecule has 44 heavy (non-hydrogen) atoms. The summed E-state index contributed by atoms with van der Waals surface area (Å²) in [6.07, 6.45) is -4.73. The summed E-state index contributed by atoms with van der Waals surface area (Å²) < 4.78 is 90.9. The quantitative estimate of drug-likeness (QED) is 0.188. The fourth-order valence-corrected chi connectivity index (χ4v) is 6.20. The third-order valence-electron chi connectivity index (χ3n) is 8.27. The molecule has 1 aliphatic carbocycles. The number of aromatic nitrogens is 3. The molecule has 0 atom stereocenters. The minimum absolute atomic E-state index is 0.00259. The van der Waals surface area contributed by atoms with E-state index in [2.05, 4.69) is 9.97 Å². The highest BCUT2D eigenvalue weighted by Gasteiger charge is 2.38. The summed E-state index contributed by atoms with van der Waals surface area (Å²) in [6.45, 7) is 0. The molecule has 1 saturated carbocycles. The number of imidazole rings is 1. The highest BCUT2D eigenvalue weighted by atomic mass is 19.4. The first-order valence-electron chi connectivity index (χ1n) is 14.3. The zero-order valence-corrected chi connectivity index (χ0v) is 23.2. The Bertz CT molecular complexity index is 1950. The molecule has 7 rings (SSSR count). The first kappa shape index (κ1) is 28.2. The van der Waals surface area contributed by atoms with E-state index < -0.39 is 23.5 Å². The number of hydrogen-bond acceptors (Lipinski definition) is 3. The van der Waals surface area contributed by atoms with Crippen molar-refractivity contribution in [3.63, 3.8) is 0 Å². The normalized spacial score (nSPS) is 15.0. The van der Waals surface area contributed by atoms with Gasteiger partial charge in [0.1, 0.15) is 5.82 Å². The Morgan fingerprint density at radius 2 is 1.34 bits per heavy atom. The summed E-state index contributed by atoms with van der Waals surface area (Å²) in [5, 5.41) is 1.96. The SMILES string of the molecule is FC(F)(F)c1cc(-n2c(-c3cc(C4CCCCC4)c4ccccc4c3)nc3oc(-c4ccccc4)nc32)cc(C(F)(F)F)c1. The second kappa shape index (κ2) is 10.5. The molecule has 0 bridgehead atoms. The summed E-state index contributed by atoms with van der Waals surface area (Å²) in [7, 11) is 0. The van der Waals surface area contributed by atoms with Gasteiger partial charge in [0.2, 0.25) is 11.5 Å². The molecule has 224 valence electrons. The van der Waals surface area contributed by atoms with Gasteiger partial charge >= 0.3 is 12.4 Å². The summed E-state index contributed by atoms with van der Waals surface area (Å²) in [5.74, 6) is 0.558. The van der Waals surface area contributed by atoms with Gasteiger partial charge in [-0.05, 0) is 77.6 Å². The average Bonchev–Trinajstić information content (AvgIpc) is 3.59. The molecule has 1 aliphatic rings. The van der Waals surface area contributed by atoms with E-state index in [4.69, 9.17) is 4.42 Å². The van der Waals surface area contributed by atoms with E-state index in [0.717, 1.165) is 48.4 Å². The van der Waals surface area contributed by atoms with Crippen molar-refractivity contribution in [2.45, 2.75) is 50.4 Å². The van der Waals surface area contributed by atoms with Crippen molar-refractivity contribution < 1.29 is 30.8 Å². The highest BCUT2D eigenvalue weighted by Crippen LogP contribution is 2.42. The molecule has 0 N–H and O–H groups in total. The molecule has 0 unspecified atom stereocenters. The smallest absolute Gasteiger partial charge is 0.416 e. The van der Waals surface area contributed by atoms with Gasteiger partial charge in [-0.3, -0.25) is 4.57 Å². The summed E-state index contributed by atoms with van der Waals surface area (Å²) in [6, 6.07) is 22.0. The van der Waals surface area contributed by atoms with Gasteiger partial charge in [0.05, 0.1) is 16.8 Å². The van der Waals surface area contributed by atoms with Crippen LogP contribution in [-0.4, -0.2) is 14.5 Å². The van der Waals surface area contributed by atoms with Crippen LogP contribution in [0.3, 0.4) is 0 Å². The topological polar surface area (TPSA) is 43.9 Å². The Kier molecular flexibility index (Phi) is 6.75. The lowest BCUT2D eigenvalue weighted by atomic mass is 9.81.